The van der Waals surface area contributed by atoms with Crippen molar-refractivity contribution in [2.45, 2.75) is 26.3 Å². The molecule has 1 aliphatic heterocycles. The van der Waals surface area contributed by atoms with Crippen LogP contribution in [0.4, 0.5) is 8.78 Å². The molecule has 0 radical (unpaired) electrons. The van der Waals surface area contributed by atoms with E-state index in [-0.39, 0.29) is 12.4 Å². The van der Waals surface area contributed by atoms with Gasteiger partial charge in [0.2, 0.25) is 0 Å². The van der Waals surface area contributed by atoms with Gasteiger partial charge in [0.1, 0.15) is 17.4 Å². The highest BCUT2D eigenvalue weighted by Crippen LogP contribution is 2.38. The van der Waals surface area contributed by atoms with Gasteiger partial charge in [-0.2, -0.15) is 0 Å². The molecule has 3 rings (SSSR count). The van der Waals surface area contributed by atoms with Crippen molar-refractivity contribution in [3.05, 3.63) is 52.6 Å². The van der Waals surface area contributed by atoms with Crippen LogP contribution < -0.4 is 10.1 Å². The molecule has 0 amide bonds. The molecular formula is C20H21F2NO3. The average molecular weight is 361 g/mol. The van der Waals surface area contributed by atoms with Gasteiger partial charge in [-0.1, -0.05) is 6.07 Å². The largest absolute Gasteiger partial charge is 0.496 e. The van der Waals surface area contributed by atoms with Crippen molar-refractivity contribution in [2.24, 2.45) is 0 Å². The quantitative estimate of drug-likeness (QED) is 0.830. The summed E-state index contributed by atoms with van der Waals surface area (Å²) in [6, 6.07) is 6.07. The molecule has 0 aromatic heterocycles. The molecule has 1 heterocycles. The van der Waals surface area contributed by atoms with Crippen molar-refractivity contribution in [3.8, 4) is 16.9 Å². The molecular weight excluding hydrogens is 340 g/mol. The van der Waals surface area contributed by atoms with Crippen LogP contribution in [-0.2, 0) is 28.9 Å². The van der Waals surface area contributed by atoms with Gasteiger partial charge in [-0.15, -0.1) is 0 Å². The molecule has 0 spiro atoms. The van der Waals surface area contributed by atoms with Gasteiger partial charge in [-0.3, -0.25) is 4.79 Å². The SMILES string of the molecule is CCOC(=O)Cc1ccc(OC)c(-c2c(F)cc(F)c3c2CNCC3)c1. The zero-order valence-corrected chi connectivity index (χ0v) is 14.8. The van der Waals surface area contributed by atoms with E-state index in [9.17, 15) is 13.6 Å². The van der Waals surface area contributed by atoms with Crippen molar-refractivity contribution >= 4 is 5.97 Å². The first-order chi connectivity index (χ1) is 12.5. The van der Waals surface area contributed by atoms with E-state index in [1.807, 2.05) is 0 Å². The molecule has 4 nitrogen and oxygen atoms in total. The third kappa shape index (κ3) is 3.55. The molecule has 1 N–H and O–H groups in total. The lowest BCUT2D eigenvalue weighted by molar-refractivity contribution is -0.142. The summed E-state index contributed by atoms with van der Waals surface area (Å²) in [4.78, 5) is 11.8. The zero-order valence-electron chi connectivity index (χ0n) is 14.8. The van der Waals surface area contributed by atoms with Crippen LogP contribution in [0.3, 0.4) is 0 Å². The van der Waals surface area contributed by atoms with Crippen LogP contribution >= 0.6 is 0 Å². The number of carbonyl (C=O) groups is 1. The van der Waals surface area contributed by atoms with Crippen LogP contribution in [0.5, 0.6) is 5.75 Å². The molecule has 2 aromatic carbocycles. The van der Waals surface area contributed by atoms with Gasteiger partial charge in [-0.25, -0.2) is 8.78 Å². The van der Waals surface area contributed by atoms with Crippen LogP contribution in [0.25, 0.3) is 11.1 Å². The highest BCUT2D eigenvalue weighted by Gasteiger charge is 2.24. The van der Waals surface area contributed by atoms with E-state index < -0.39 is 11.6 Å². The summed E-state index contributed by atoms with van der Waals surface area (Å²) in [6.07, 6.45) is 0.577. The number of esters is 1. The van der Waals surface area contributed by atoms with Crippen LogP contribution in [0.1, 0.15) is 23.6 Å². The summed E-state index contributed by atoms with van der Waals surface area (Å²) in [5, 5.41) is 3.16. The third-order valence-corrected chi connectivity index (χ3v) is 4.49. The number of fused-ring (bicyclic) bond motifs is 1. The van der Waals surface area contributed by atoms with Gasteiger partial charge in [-0.05, 0) is 48.7 Å². The topological polar surface area (TPSA) is 47.6 Å². The number of methoxy groups -OCH3 is 1. The van der Waals surface area contributed by atoms with Gasteiger partial charge in [0.25, 0.3) is 0 Å². The Morgan fingerprint density at radius 2 is 2.00 bits per heavy atom. The summed E-state index contributed by atoms with van der Waals surface area (Å²) >= 11 is 0. The second-order valence-corrected chi connectivity index (χ2v) is 6.12. The van der Waals surface area contributed by atoms with Crippen molar-refractivity contribution in [2.75, 3.05) is 20.3 Å². The monoisotopic (exact) mass is 361 g/mol. The number of carbonyl (C=O) groups excluding carboxylic acids is 1. The number of hydrogen-bond acceptors (Lipinski definition) is 4. The third-order valence-electron chi connectivity index (χ3n) is 4.49. The molecule has 0 unspecified atom stereocenters. The van der Waals surface area contributed by atoms with E-state index in [0.717, 1.165) is 6.07 Å². The van der Waals surface area contributed by atoms with E-state index in [1.165, 1.54) is 7.11 Å². The van der Waals surface area contributed by atoms with E-state index in [0.29, 0.717) is 59.7 Å². The lowest BCUT2D eigenvalue weighted by Gasteiger charge is -2.23. The Bertz CT molecular complexity index is 836. The minimum Gasteiger partial charge on any atom is -0.496 e. The highest BCUT2D eigenvalue weighted by atomic mass is 19.1. The summed E-state index contributed by atoms with van der Waals surface area (Å²) in [6.45, 7) is 3.07. The summed E-state index contributed by atoms with van der Waals surface area (Å²) in [5.41, 5.74) is 2.63. The van der Waals surface area contributed by atoms with Crippen molar-refractivity contribution < 1.29 is 23.0 Å². The van der Waals surface area contributed by atoms with E-state index >= 15 is 0 Å². The summed E-state index contributed by atoms with van der Waals surface area (Å²) in [5.74, 6) is -1.05. The number of hydrogen-bond donors (Lipinski definition) is 1. The Labute approximate surface area is 151 Å². The van der Waals surface area contributed by atoms with Crippen molar-refractivity contribution in [1.29, 1.82) is 0 Å². The minimum atomic E-state index is -0.642. The predicted octanol–water partition coefficient (Wildman–Crippen LogP) is 3.39. The Morgan fingerprint density at radius 3 is 2.73 bits per heavy atom. The van der Waals surface area contributed by atoms with Gasteiger partial charge < -0.3 is 14.8 Å². The smallest absolute Gasteiger partial charge is 0.310 e. The predicted molar refractivity (Wildman–Crippen MR) is 94.1 cm³/mol. The van der Waals surface area contributed by atoms with Gasteiger partial charge in [0.15, 0.2) is 0 Å². The molecule has 26 heavy (non-hydrogen) atoms. The van der Waals surface area contributed by atoms with Crippen LogP contribution in [0, 0.1) is 11.6 Å². The normalized spacial score (nSPS) is 13.2. The minimum absolute atomic E-state index is 0.0775. The lowest BCUT2D eigenvalue weighted by Crippen LogP contribution is -2.25. The van der Waals surface area contributed by atoms with Crippen LogP contribution in [0.15, 0.2) is 24.3 Å². The van der Waals surface area contributed by atoms with Gasteiger partial charge >= 0.3 is 5.97 Å². The number of halogens is 2. The lowest BCUT2D eigenvalue weighted by atomic mass is 9.89. The molecule has 0 bridgehead atoms. The van der Waals surface area contributed by atoms with E-state index in [4.69, 9.17) is 9.47 Å². The second-order valence-electron chi connectivity index (χ2n) is 6.12. The van der Waals surface area contributed by atoms with Crippen molar-refractivity contribution in [1.82, 2.24) is 5.32 Å². The molecule has 2 aromatic rings. The Hall–Kier alpha value is -2.47. The van der Waals surface area contributed by atoms with Crippen LogP contribution in [-0.4, -0.2) is 26.2 Å². The van der Waals surface area contributed by atoms with Crippen molar-refractivity contribution in [3.63, 3.8) is 0 Å². The molecule has 0 aliphatic carbocycles. The van der Waals surface area contributed by atoms with Gasteiger partial charge in [0, 0.05) is 23.7 Å². The molecule has 0 saturated heterocycles. The maximum Gasteiger partial charge on any atom is 0.310 e. The maximum absolute atomic E-state index is 14.7. The molecule has 6 heteroatoms. The van der Waals surface area contributed by atoms with Gasteiger partial charge in [0.05, 0.1) is 20.1 Å². The van der Waals surface area contributed by atoms with Crippen LogP contribution in [0.2, 0.25) is 0 Å². The number of benzene rings is 2. The molecule has 0 saturated carbocycles. The highest BCUT2D eigenvalue weighted by molar-refractivity contribution is 5.78. The first-order valence-corrected chi connectivity index (χ1v) is 8.58. The molecule has 1 aliphatic rings. The zero-order chi connectivity index (χ0) is 18.7. The van der Waals surface area contributed by atoms with E-state index in [2.05, 4.69) is 5.32 Å². The Kier molecular flexibility index (Phi) is 5.52. The fourth-order valence-electron chi connectivity index (χ4n) is 3.33. The standard InChI is InChI=1S/C20H21F2NO3/c1-3-26-19(24)9-12-4-5-18(25-2)14(8-12)20-15-11-23-7-6-13(15)16(21)10-17(20)22/h4-5,8,10,23H,3,6-7,9,11H2,1-2H3. The first kappa shape index (κ1) is 18.3. The molecule has 0 fully saturated rings. The summed E-state index contributed by atoms with van der Waals surface area (Å²) < 4.78 is 39.3. The first-order valence-electron chi connectivity index (χ1n) is 8.58. The number of nitrogens with one attached hydrogen (secondary N) is 1. The molecule has 0 atom stereocenters. The fourth-order valence-corrected chi connectivity index (χ4v) is 3.33. The Morgan fingerprint density at radius 1 is 1.19 bits per heavy atom. The number of ether oxygens (including phenoxy) is 2. The van der Waals surface area contributed by atoms with E-state index in [1.54, 1.807) is 25.1 Å². The second kappa shape index (κ2) is 7.83. The fraction of sp³-hybridized carbons (Fsp3) is 0.350. The average Bonchev–Trinajstić information content (AvgIpc) is 2.62. The Balaban J connectivity index is 2.12. The summed E-state index contributed by atoms with van der Waals surface area (Å²) in [7, 11) is 1.50. The number of rotatable bonds is 5. The maximum atomic E-state index is 14.7. The molecule has 138 valence electrons.